The molecule has 1 saturated carbocycles. The average molecular weight is 794 g/mol. The number of ether oxygens (including phenoxy) is 1. The molecular formula is C35H31ClF3N11O6. The number of aromatic nitrogens is 6. The minimum Gasteiger partial charge on any atom is -0.480 e. The van der Waals surface area contributed by atoms with Crippen molar-refractivity contribution in [3.8, 4) is 6.01 Å². The van der Waals surface area contributed by atoms with Crippen LogP contribution in [0.25, 0.3) is 0 Å². The zero-order valence-corrected chi connectivity index (χ0v) is 29.6. The molecule has 1 aliphatic carbocycles. The Bertz CT molecular complexity index is 2190. The van der Waals surface area contributed by atoms with E-state index in [1.807, 2.05) is 12.1 Å². The summed E-state index contributed by atoms with van der Waals surface area (Å²) in [6.07, 6.45) is -0.323. The van der Waals surface area contributed by atoms with Gasteiger partial charge in [0.1, 0.15) is 18.7 Å². The molecule has 290 valence electrons. The van der Waals surface area contributed by atoms with Crippen LogP contribution in [0.3, 0.4) is 0 Å². The van der Waals surface area contributed by atoms with E-state index in [-0.39, 0.29) is 17.5 Å². The van der Waals surface area contributed by atoms with Crippen molar-refractivity contribution >= 4 is 58.6 Å². The molecule has 56 heavy (non-hydrogen) atoms. The van der Waals surface area contributed by atoms with Gasteiger partial charge in [-0.2, -0.15) is 33.2 Å². The molecule has 0 unspecified atom stereocenters. The number of rotatable bonds is 15. The minimum atomic E-state index is -4.65. The van der Waals surface area contributed by atoms with Gasteiger partial charge in [0.05, 0.1) is 12.1 Å². The third-order valence-corrected chi connectivity index (χ3v) is 8.43. The standard InChI is InChI=1S/C35H31ClF3N11O6/c36-23-7-5-22(6-8-23)34(13-14-34)49-32-46-31(47-33(48-32)56-17-35(37,38)39)44-25-11-3-21(4-12-25)27(51)45-26(30(54)55)15-41-28(52)29(53)43-24-9-1-20(2-10-24)16-50-19-40-18-42-50/h1-12,18-19,26H,13-17H2,(H,41,52)(H,43,53)(H,45,51)(H,54,55)(H2,44,46,47,48,49)/t26-/m0/s1. The zero-order valence-electron chi connectivity index (χ0n) is 28.9. The fourth-order valence-electron chi connectivity index (χ4n) is 5.21. The van der Waals surface area contributed by atoms with Gasteiger partial charge in [-0.1, -0.05) is 35.9 Å². The number of hydrogen-bond acceptors (Lipinski definition) is 12. The van der Waals surface area contributed by atoms with Crippen molar-refractivity contribution < 1.29 is 42.2 Å². The highest BCUT2D eigenvalue weighted by atomic mass is 35.5. The average Bonchev–Trinajstić information content (AvgIpc) is 3.75. The molecule has 5 aromatic rings. The Hall–Kier alpha value is -6.83. The van der Waals surface area contributed by atoms with E-state index >= 15 is 0 Å². The summed E-state index contributed by atoms with van der Waals surface area (Å²) < 4.78 is 45.2. The van der Waals surface area contributed by atoms with Crippen molar-refractivity contribution in [1.29, 1.82) is 0 Å². The molecule has 1 fully saturated rings. The molecule has 0 saturated heterocycles. The first-order chi connectivity index (χ1) is 26.7. The van der Waals surface area contributed by atoms with Crippen molar-refractivity contribution in [2.24, 2.45) is 0 Å². The number of nitrogens with zero attached hydrogens (tertiary/aromatic N) is 6. The van der Waals surface area contributed by atoms with Gasteiger partial charge in [0, 0.05) is 28.5 Å². The summed E-state index contributed by atoms with van der Waals surface area (Å²) in [5.74, 6) is -4.71. The Labute approximate surface area is 320 Å². The van der Waals surface area contributed by atoms with Crippen molar-refractivity contribution in [2.45, 2.75) is 37.1 Å². The Kier molecular flexibility index (Phi) is 11.6. The monoisotopic (exact) mass is 793 g/mol. The lowest BCUT2D eigenvalue weighted by atomic mass is 10.1. The third-order valence-electron chi connectivity index (χ3n) is 8.18. The highest BCUT2D eigenvalue weighted by Gasteiger charge is 2.45. The summed E-state index contributed by atoms with van der Waals surface area (Å²) in [7, 11) is 0. The largest absolute Gasteiger partial charge is 0.480 e. The topological polar surface area (TPSA) is 227 Å². The molecule has 1 aliphatic rings. The van der Waals surface area contributed by atoms with Gasteiger partial charge in [0.25, 0.3) is 5.91 Å². The molecule has 0 radical (unpaired) electrons. The maximum absolute atomic E-state index is 12.9. The fraction of sp³-hybridized carbons (Fsp3) is 0.229. The van der Waals surface area contributed by atoms with Crippen LogP contribution in [-0.2, 0) is 26.5 Å². The molecule has 3 amide bonds. The summed E-state index contributed by atoms with van der Waals surface area (Å²) in [6, 6.07) is 17.0. The second kappa shape index (κ2) is 16.7. The summed E-state index contributed by atoms with van der Waals surface area (Å²) in [5, 5.41) is 27.1. The van der Waals surface area contributed by atoms with E-state index in [1.54, 1.807) is 47.4 Å². The second-order valence-corrected chi connectivity index (χ2v) is 12.8. The summed E-state index contributed by atoms with van der Waals surface area (Å²) in [4.78, 5) is 65.8. The van der Waals surface area contributed by atoms with Gasteiger partial charge in [-0.25, -0.2) is 14.5 Å². The van der Waals surface area contributed by atoms with E-state index in [9.17, 15) is 37.5 Å². The molecule has 0 bridgehead atoms. The summed E-state index contributed by atoms with van der Waals surface area (Å²) in [5.41, 5.74) is 1.80. The number of aliphatic carboxylic acids is 1. The van der Waals surface area contributed by atoms with E-state index in [0.29, 0.717) is 35.8 Å². The summed E-state index contributed by atoms with van der Waals surface area (Å²) in [6.45, 7) is -1.81. The Balaban J connectivity index is 1.04. The van der Waals surface area contributed by atoms with Crippen LogP contribution < -0.4 is 31.3 Å². The minimum absolute atomic E-state index is 0.0176. The van der Waals surface area contributed by atoms with Crippen LogP contribution in [0.1, 0.15) is 34.3 Å². The lowest BCUT2D eigenvalue weighted by Crippen LogP contribution is -2.50. The molecule has 2 heterocycles. The third kappa shape index (κ3) is 10.6. The summed E-state index contributed by atoms with van der Waals surface area (Å²) >= 11 is 6.02. The van der Waals surface area contributed by atoms with Crippen LogP contribution in [0.2, 0.25) is 5.02 Å². The molecule has 2 aromatic heterocycles. The van der Waals surface area contributed by atoms with Gasteiger partial charge < -0.3 is 36.4 Å². The lowest BCUT2D eigenvalue weighted by molar-refractivity contribution is -0.154. The molecule has 17 nitrogen and oxygen atoms in total. The van der Waals surface area contributed by atoms with Crippen molar-refractivity contribution in [1.82, 2.24) is 40.3 Å². The van der Waals surface area contributed by atoms with E-state index in [1.165, 1.54) is 30.6 Å². The van der Waals surface area contributed by atoms with Crippen molar-refractivity contribution in [3.05, 3.63) is 107 Å². The first kappa shape index (κ1) is 38.9. The number of carboxylic acids is 1. The lowest BCUT2D eigenvalue weighted by Gasteiger charge is -2.19. The number of carboxylic acid groups (broad SMARTS) is 1. The highest BCUT2D eigenvalue weighted by Crippen LogP contribution is 2.48. The number of hydrogen-bond donors (Lipinski definition) is 6. The van der Waals surface area contributed by atoms with Gasteiger partial charge in [0.2, 0.25) is 11.9 Å². The number of alkyl halides is 3. The van der Waals surface area contributed by atoms with Crippen LogP contribution in [0.15, 0.2) is 85.5 Å². The zero-order chi connectivity index (χ0) is 39.9. The van der Waals surface area contributed by atoms with Gasteiger partial charge >= 0.3 is 30.0 Å². The molecule has 21 heteroatoms. The molecule has 6 N–H and O–H groups in total. The van der Waals surface area contributed by atoms with Gasteiger partial charge in [0.15, 0.2) is 6.61 Å². The first-order valence-corrected chi connectivity index (χ1v) is 17.0. The van der Waals surface area contributed by atoms with Crippen LogP contribution in [-0.4, -0.2) is 83.9 Å². The highest BCUT2D eigenvalue weighted by molar-refractivity contribution is 6.39. The van der Waals surface area contributed by atoms with E-state index in [0.717, 1.165) is 11.1 Å². The van der Waals surface area contributed by atoms with Crippen molar-refractivity contribution in [2.75, 3.05) is 29.1 Å². The van der Waals surface area contributed by atoms with Crippen LogP contribution in [0.5, 0.6) is 6.01 Å². The molecule has 0 aliphatic heterocycles. The molecule has 1 atom stereocenters. The van der Waals surface area contributed by atoms with Gasteiger partial charge in [-0.15, -0.1) is 0 Å². The smallest absolute Gasteiger partial charge is 0.422 e. The number of benzene rings is 3. The number of halogens is 4. The van der Waals surface area contributed by atoms with E-state index in [4.69, 9.17) is 16.3 Å². The van der Waals surface area contributed by atoms with Gasteiger partial charge in [-0.05, 0) is 72.5 Å². The second-order valence-electron chi connectivity index (χ2n) is 12.4. The maximum atomic E-state index is 12.9. The molecule has 3 aromatic carbocycles. The fourth-order valence-corrected chi connectivity index (χ4v) is 5.33. The van der Waals surface area contributed by atoms with Crippen LogP contribution >= 0.6 is 11.6 Å². The van der Waals surface area contributed by atoms with Gasteiger partial charge in [-0.3, -0.25) is 14.4 Å². The first-order valence-electron chi connectivity index (χ1n) is 16.6. The Morgan fingerprint density at radius 1 is 0.893 bits per heavy atom. The predicted molar refractivity (Wildman–Crippen MR) is 193 cm³/mol. The molecule has 6 rings (SSSR count). The predicted octanol–water partition coefficient (Wildman–Crippen LogP) is 3.89. The van der Waals surface area contributed by atoms with E-state index in [2.05, 4.69) is 51.6 Å². The van der Waals surface area contributed by atoms with Crippen LogP contribution in [0.4, 0.5) is 36.4 Å². The number of nitrogens with one attached hydrogen (secondary N) is 5. The quantitative estimate of drug-likeness (QED) is 0.0829. The number of carbonyl (C=O) groups excluding carboxylic acids is 3. The molecular weight excluding hydrogens is 763 g/mol. The van der Waals surface area contributed by atoms with Crippen molar-refractivity contribution in [3.63, 3.8) is 0 Å². The Morgan fingerprint density at radius 3 is 2.20 bits per heavy atom. The van der Waals surface area contributed by atoms with Crippen LogP contribution in [0, 0.1) is 0 Å². The van der Waals surface area contributed by atoms with E-state index < -0.39 is 60.6 Å². The SMILES string of the molecule is O=C(NC[C@H](NC(=O)c1ccc(Nc2nc(NC3(c4ccc(Cl)cc4)CC3)nc(OCC(F)(F)F)n2)cc1)C(=O)O)C(=O)Nc1ccc(Cn2cncn2)cc1. The number of anilines is 4. The Morgan fingerprint density at radius 2 is 1.57 bits per heavy atom. The molecule has 0 spiro atoms. The maximum Gasteiger partial charge on any atom is 0.422 e. The number of amides is 3. The number of carbonyl (C=O) groups is 4. The normalized spacial score (nSPS) is 13.5.